The highest BCUT2D eigenvalue weighted by atomic mass is 79.9. The summed E-state index contributed by atoms with van der Waals surface area (Å²) >= 11 is 3.58. The normalized spacial score (nSPS) is 21.2. The van der Waals surface area contributed by atoms with Gasteiger partial charge in [0.15, 0.2) is 11.6 Å². The van der Waals surface area contributed by atoms with Crippen molar-refractivity contribution < 1.29 is 18.4 Å². The number of carbonyl (C=O) groups is 2. The molecule has 5 aromatic rings. The number of piperazine rings is 1. The minimum atomic E-state index is -0.886. The first kappa shape index (κ1) is 38.4. The van der Waals surface area contributed by atoms with Crippen molar-refractivity contribution in [3.8, 4) is 5.69 Å². The van der Waals surface area contributed by atoms with E-state index in [1.807, 2.05) is 30.6 Å². The lowest BCUT2D eigenvalue weighted by Crippen LogP contribution is -2.56. The highest BCUT2D eigenvalue weighted by molar-refractivity contribution is 9.10. The van der Waals surface area contributed by atoms with Gasteiger partial charge in [0.05, 0.1) is 22.0 Å². The summed E-state index contributed by atoms with van der Waals surface area (Å²) in [5.74, 6) is -1.61. The van der Waals surface area contributed by atoms with Crippen molar-refractivity contribution in [1.82, 2.24) is 24.4 Å². The number of nitrogens with zero attached hydrogens (tertiary/aromatic N) is 8. The molecule has 0 saturated carbocycles. The SMILES string of the molecule is C[C@@H]1CN(c2ccc3c(c2)-n2c(nc(=O)c4c(Br)cccc42)C3(C)C)[C@H](C)CN1Cc1cnc(N2CCC(c3cc(F)c(N4C(=O)CCCC4=O)c(F)c3)CC2)nc1. The molecule has 0 radical (unpaired) electrons. The van der Waals surface area contributed by atoms with Crippen LogP contribution >= 0.6 is 15.9 Å². The molecule has 3 aromatic carbocycles. The second-order valence-corrected chi connectivity index (χ2v) is 17.6. The standard InChI is InChI=1S/C44H45BrF2N8O3/c1-25-23-53(30-11-12-31-36(19-30)54-35-8-5-7-32(45)39(35)41(58)50-42(54)44(31,3)4)26(2)22-52(25)24-27-20-48-43(49-21-27)51-15-13-28(14-16-51)29-17-33(46)40(34(47)18-29)55-37(56)9-6-10-38(55)57/h5,7-8,11-12,17-21,25-26,28H,6,9-10,13-16,22-24H2,1-4H3/t25-,26-/m1/s1. The maximum Gasteiger partial charge on any atom is 0.281 e. The molecule has 0 aliphatic carbocycles. The topological polar surface area (TPSA) is 108 Å². The van der Waals surface area contributed by atoms with Gasteiger partial charge in [-0.1, -0.05) is 12.1 Å². The number of carbonyl (C=O) groups excluding carboxylic acids is 2. The van der Waals surface area contributed by atoms with Crippen molar-refractivity contribution in [3.63, 3.8) is 0 Å². The molecule has 3 fully saturated rings. The molecule has 0 N–H and O–H groups in total. The van der Waals surface area contributed by atoms with Gasteiger partial charge in [0.2, 0.25) is 17.8 Å². The summed E-state index contributed by atoms with van der Waals surface area (Å²) < 4.78 is 33.4. The van der Waals surface area contributed by atoms with Crippen LogP contribution in [0.4, 0.5) is 26.1 Å². The number of hydrogen-bond donors (Lipinski definition) is 0. The molecule has 0 unspecified atom stereocenters. The number of fused-ring (bicyclic) bond motifs is 5. The molecule has 6 heterocycles. The van der Waals surface area contributed by atoms with Crippen LogP contribution < -0.4 is 20.3 Å². The zero-order valence-corrected chi connectivity index (χ0v) is 34.6. The first-order valence-electron chi connectivity index (χ1n) is 20.1. The second kappa shape index (κ2) is 14.6. The summed E-state index contributed by atoms with van der Waals surface area (Å²) in [4.78, 5) is 59.6. The highest BCUT2D eigenvalue weighted by Crippen LogP contribution is 2.45. The Morgan fingerprint density at radius 2 is 1.57 bits per heavy atom. The summed E-state index contributed by atoms with van der Waals surface area (Å²) in [6, 6.07) is 15.5. The van der Waals surface area contributed by atoms with Gasteiger partial charge in [-0.25, -0.2) is 23.6 Å². The second-order valence-electron chi connectivity index (χ2n) is 16.8. The number of hydrogen-bond acceptors (Lipinski definition) is 9. The average molecular weight is 852 g/mol. The van der Waals surface area contributed by atoms with E-state index in [2.05, 4.69) is 86.1 Å². The van der Waals surface area contributed by atoms with Gasteiger partial charge in [-0.05, 0) is 116 Å². The fourth-order valence-electron chi connectivity index (χ4n) is 9.48. The monoisotopic (exact) mass is 850 g/mol. The first-order valence-corrected chi connectivity index (χ1v) is 20.9. The fraction of sp³-hybridized carbons (Fsp3) is 0.409. The lowest BCUT2D eigenvalue weighted by Gasteiger charge is -2.45. The van der Waals surface area contributed by atoms with Gasteiger partial charge in [-0.15, -0.1) is 0 Å². The number of imide groups is 1. The highest BCUT2D eigenvalue weighted by Gasteiger charge is 2.40. The summed E-state index contributed by atoms with van der Waals surface area (Å²) in [5, 5.41) is 0.583. The van der Waals surface area contributed by atoms with E-state index in [1.54, 1.807) is 0 Å². The maximum atomic E-state index is 15.2. The van der Waals surface area contributed by atoms with E-state index in [-0.39, 0.29) is 36.4 Å². The largest absolute Gasteiger partial charge is 0.366 e. The summed E-state index contributed by atoms with van der Waals surface area (Å²) in [7, 11) is 0. The van der Waals surface area contributed by atoms with Gasteiger partial charge in [-0.2, -0.15) is 4.98 Å². The van der Waals surface area contributed by atoms with Crippen molar-refractivity contribution in [1.29, 1.82) is 0 Å². The summed E-state index contributed by atoms with van der Waals surface area (Å²) in [5.41, 5.74) is 4.52. The van der Waals surface area contributed by atoms with Crippen molar-refractivity contribution in [3.05, 3.63) is 110 Å². The van der Waals surface area contributed by atoms with Gasteiger partial charge < -0.3 is 9.80 Å². The van der Waals surface area contributed by atoms with Crippen molar-refractivity contribution in [2.24, 2.45) is 0 Å². The first-order chi connectivity index (χ1) is 27.8. The van der Waals surface area contributed by atoms with Crippen LogP contribution in [0, 0.1) is 11.6 Å². The van der Waals surface area contributed by atoms with E-state index in [0.717, 1.165) is 57.9 Å². The molecule has 3 saturated heterocycles. The third kappa shape index (κ3) is 6.48. The molecule has 9 rings (SSSR count). The quantitative estimate of drug-likeness (QED) is 0.162. The van der Waals surface area contributed by atoms with E-state index < -0.39 is 34.6 Å². The molecule has 14 heteroatoms. The Morgan fingerprint density at radius 1 is 0.879 bits per heavy atom. The Hall–Kier alpha value is -5.08. The van der Waals surface area contributed by atoms with Crippen LogP contribution in [0.3, 0.4) is 0 Å². The van der Waals surface area contributed by atoms with Crippen LogP contribution in [0.5, 0.6) is 0 Å². The average Bonchev–Trinajstić information content (AvgIpc) is 3.42. The smallest absolute Gasteiger partial charge is 0.281 e. The van der Waals surface area contributed by atoms with E-state index >= 15 is 8.78 Å². The Balaban J connectivity index is 0.846. The number of rotatable bonds is 6. The number of benzene rings is 3. The van der Waals surface area contributed by atoms with E-state index in [4.69, 9.17) is 9.97 Å². The third-order valence-corrected chi connectivity index (χ3v) is 13.3. The number of piperidine rings is 2. The zero-order valence-electron chi connectivity index (χ0n) is 33.0. The lowest BCUT2D eigenvalue weighted by atomic mass is 9.85. The summed E-state index contributed by atoms with van der Waals surface area (Å²) in [6.45, 7) is 12.4. The van der Waals surface area contributed by atoms with Crippen LogP contribution in [-0.4, -0.2) is 74.5 Å². The third-order valence-electron chi connectivity index (χ3n) is 12.6. The Bertz CT molecular complexity index is 2500. The maximum absolute atomic E-state index is 15.2. The molecule has 4 aliphatic heterocycles. The van der Waals surface area contributed by atoms with Crippen molar-refractivity contribution in [2.75, 3.05) is 40.9 Å². The van der Waals surface area contributed by atoms with Crippen molar-refractivity contribution >= 4 is 56.0 Å². The van der Waals surface area contributed by atoms with Gasteiger partial charge in [0, 0.05) is 85.8 Å². The summed E-state index contributed by atoms with van der Waals surface area (Å²) in [6.07, 6.45) is 5.69. The van der Waals surface area contributed by atoms with Crippen LogP contribution in [0.25, 0.3) is 16.6 Å². The Kier molecular flexibility index (Phi) is 9.70. The van der Waals surface area contributed by atoms with Crippen LogP contribution in [0.1, 0.15) is 88.2 Å². The fourth-order valence-corrected chi connectivity index (χ4v) is 10.0. The van der Waals surface area contributed by atoms with Gasteiger partial charge in [0.25, 0.3) is 5.56 Å². The lowest BCUT2D eigenvalue weighted by molar-refractivity contribution is -0.129. The molecule has 2 atom stereocenters. The van der Waals surface area contributed by atoms with Crippen LogP contribution in [-0.2, 0) is 21.5 Å². The predicted molar refractivity (Wildman–Crippen MR) is 223 cm³/mol. The minimum Gasteiger partial charge on any atom is -0.366 e. The molecule has 300 valence electrons. The molecule has 4 aliphatic rings. The molecule has 2 amide bonds. The molecule has 58 heavy (non-hydrogen) atoms. The molecular formula is C44H45BrF2N8O3. The predicted octanol–water partition coefficient (Wildman–Crippen LogP) is 7.38. The number of anilines is 3. The molecular weight excluding hydrogens is 806 g/mol. The molecule has 2 aromatic heterocycles. The Labute approximate surface area is 343 Å². The molecule has 0 spiro atoms. The number of amides is 2. The van der Waals surface area contributed by atoms with Crippen LogP contribution in [0.2, 0.25) is 0 Å². The van der Waals surface area contributed by atoms with Gasteiger partial charge in [-0.3, -0.25) is 23.9 Å². The van der Waals surface area contributed by atoms with Crippen LogP contribution in [0.15, 0.2) is 70.2 Å². The van der Waals surface area contributed by atoms with E-state index in [1.165, 1.54) is 12.1 Å². The Morgan fingerprint density at radius 3 is 2.26 bits per heavy atom. The van der Waals surface area contributed by atoms with E-state index in [0.29, 0.717) is 54.1 Å². The van der Waals surface area contributed by atoms with E-state index in [9.17, 15) is 14.4 Å². The molecule has 0 bridgehead atoms. The van der Waals surface area contributed by atoms with Crippen molar-refractivity contribution in [2.45, 2.75) is 89.8 Å². The van der Waals surface area contributed by atoms with Gasteiger partial charge >= 0.3 is 0 Å². The number of halogens is 3. The minimum absolute atomic E-state index is 0.0759. The van der Waals surface area contributed by atoms with Gasteiger partial charge in [0.1, 0.15) is 11.5 Å². The number of aromatic nitrogens is 4. The zero-order chi connectivity index (χ0) is 40.6. The molecule has 11 nitrogen and oxygen atoms in total.